The van der Waals surface area contributed by atoms with Gasteiger partial charge >= 0.3 is 18.4 Å². The lowest BCUT2D eigenvalue weighted by Crippen LogP contribution is -2.65. The number of anilines is 1. The highest BCUT2D eigenvalue weighted by Crippen LogP contribution is 2.53. The molecule has 1 aromatic rings. The summed E-state index contributed by atoms with van der Waals surface area (Å²) in [6, 6.07) is 1.42. The molecule has 0 aromatic heterocycles. The van der Waals surface area contributed by atoms with Crippen molar-refractivity contribution in [1.82, 2.24) is 20.0 Å². The normalized spacial score (nSPS) is 22.8. The van der Waals surface area contributed by atoms with Crippen LogP contribution in [-0.2, 0) is 19.1 Å². The monoisotopic (exact) mass is 605 g/mol. The zero-order valence-electron chi connectivity index (χ0n) is 22.4. The largest absolute Gasteiger partial charge is 0.573 e. The molecule has 2 heterocycles. The maximum atomic E-state index is 13.2. The van der Waals surface area contributed by atoms with Gasteiger partial charge in [0.15, 0.2) is 6.17 Å². The van der Waals surface area contributed by atoms with Gasteiger partial charge in [-0.05, 0) is 49.8 Å². The van der Waals surface area contributed by atoms with Crippen molar-refractivity contribution >= 4 is 41.1 Å². The van der Waals surface area contributed by atoms with Gasteiger partial charge in [-0.3, -0.25) is 14.9 Å². The Balaban J connectivity index is 1.35. The van der Waals surface area contributed by atoms with Crippen LogP contribution in [0.15, 0.2) is 18.2 Å². The van der Waals surface area contributed by atoms with Crippen molar-refractivity contribution in [2.45, 2.75) is 50.9 Å². The Morgan fingerprint density at radius 3 is 2.49 bits per heavy atom. The quantitative estimate of drug-likeness (QED) is 0.400. The van der Waals surface area contributed by atoms with Gasteiger partial charge in [0.25, 0.3) is 0 Å². The summed E-state index contributed by atoms with van der Waals surface area (Å²) in [7, 11) is 1.14. The third kappa shape index (κ3) is 6.96. The summed E-state index contributed by atoms with van der Waals surface area (Å²) < 4.78 is 46.1. The number of hydrogen-bond donors (Lipinski definition) is 3. The number of alkyl halides is 3. The first kappa shape index (κ1) is 30.7. The third-order valence-corrected chi connectivity index (χ3v) is 8.06. The second-order valence-electron chi connectivity index (χ2n) is 10.3. The summed E-state index contributed by atoms with van der Waals surface area (Å²) in [4.78, 5) is 55.4. The third-order valence-electron chi connectivity index (χ3n) is 7.77. The molecule has 12 nitrogen and oxygen atoms in total. The van der Waals surface area contributed by atoms with Crippen molar-refractivity contribution in [3.63, 3.8) is 0 Å². The molecule has 226 valence electrons. The van der Waals surface area contributed by atoms with Crippen molar-refractivity contribution in [2.24, 2.45) is 5.41 Å². The van der Waals surface area contributed by atoms with E-state index in [-0.39, 0.29) is 48.2 Å². The molecule has 2 saturated heterocycles. The van der Waals surface area contributed by atoms with E-state index >= 15 is 0 Å². The Morgan fingerprint density at radius 2 is 1.90 bits per heavy atom. The second kappa shape index (κ2) is 11.9. The number of methoxy groups -OCH3 is 1. The van der Waals surface area contributed by atoms with E-state index in [4.69, 9.17) is 16.3 Å². The number of nitrogens with zero attached hydrogens (tertiary/aromatic N) is 3. The van der Waals surface area contributed by atoms with E-state index in [1.807, 2.05) is 0 Å². The number of hydrogen-bond acceptors (Lipinski definition) is 8. The van der Waals surface area contributed by atoms with Gasteiger partial charge in [0.05, 0.1) is 24.8 Å². The number of carbonyl (C=O) groups excluding carboxylic acids is 4. The molecule has 3 aliphatic rings. The van der Waals surface area contributed by atoms with Gasteiger partial charge in [0.1, 0.15) is 11.8 Å². The number of β-amino-alcohol motifs (C(OH)–C–C–N with tert-alkyl or cyclic N) is 1. The minimum atomic E-state index is -4.94. The number of piperazine rings is 1. The fraction of sp³-hybridized carbons (Fsp3) is 0.600. The maximum Gasteiger partial charge on any atom is 0.573 e. The molecular weight excluding hydrogens is 575 g/mol. The fourth-order valence-corrected chi connectivity index (χ4v) is 5.34. The van der Waals surface area contributed by atoms with E-state index in [1.54, 1.807) is 0 Å². The average molecular weight is 606 g/mol. The molecule has 0 bridgehead atoms. The summed E-state index contributed by atoms with van der Waals surface area (Å²) in [6.07, 6.45) is -4.24. The summed E-state index contributed by atoms with van der Waals surface area (Å²) in [5.74, 6) is -2.38. The van der Waals surface area contributed by atoms with Gasteiger partial charge in [0, 0.05) is 31.9 Å². The van der Waals surface area contributed by atoms with E-state index in [9.17, 15) is 37.5 Å². The summed E-state index contributed by atoms with van der Waals surface area (Å²) in [5.41, 5.74) is -0.00972. The zero-order valence-corrected chi connectivity index (χ0v) is 23.1. The predicted octanol–water partition coefficient (Wildman–Crippen LogP) is 1.77. The van der Waals surface area contributed by atoms with E-state index in [0.29, 0.717) is 13.0 Å². The number of urea groups is 1. The molecule has 3 unspecified atom stereocenters. The Kier molecular flexibility index (Phi) is 8.90. The van der Waals surface area contributed by atoms with Gasteiger partial charge in [0.2, 0.25) is 11.8 Å². The fourth-order valence-electron chi connectivity index (χ4n) is 5.12. The molecule has 4 rings (SSSR count). The molecule has 1 saturated carbocycles. The van der Waals surface area contributed by atoms with Crippen molar-refractivity contribution in [2.75, 3.05) is 45.2 Å². The number of esters is 1. The average Bonchev–Trinajstić information content (AvgIpc) is 3.69. The molecule has 3 fully saturated rings. The number of halogens is 4. The molecule has 1 spiro atoms. The van der Waals surface area contributed by atoms with E-state index in [2.05, 4.69) is 15.4 Å². The van der Waals surface area contributed by atoms with Crippen LogP contribution < -0.4 is 15.4 Å². The standard InChI is InChI=1S/C25H31ClF3N5O7/c1-14-21(37)34(10-9-33(14)23(39)31-15-3-4-17(16(26)11-15)41-25(27,28)29)20(22(38)40-2)30-12-19(36)32-8-7-24(5-6-24)18(35)13-32/h3-4,11,14,18,20,30,35H,5-10,12-13H2,1-2H3,(H,31,39). The van der Waals surface area contributed by atoms with E-state index in [1.165, 1.54) is 21.6 Å². The first-order chi connectivity index (χ1) is 19.2. The summed E-state index contributed by atoms with van der Waals surface area (Å²) in [6.45, 7) is 1.77. The molecule has 1 aliphatic carbocycles. The first-order valence-corrected chi connectivity index (χ1v) is 13.3. The molecule has 0 radical (unpaired) electrons. The smallest absolute Gasteiger partial charge is 0.466 e. The van der Waals surface area contributed by atoms with Crippen LogP contribution in [0.3, 0.4) is 0 Å². The molecule has 2 aliphatic heterocycles. The maximum absolute atomic E-state index is 13.2. The molecule has 16 heteroatoms. The molecule has 41 heavy (non-hydrogen) atoms. The zero-order chi connectivity index (χ0) is 30.1. The van der Waals surface area contributed by atoms with E-state index < -0.39 is 48.3 Å². The van der Waals surface area contributed by atoms with Crippen molar-refractivity contribution < 1.29 is 46.9 Å². The molecule has 4 amide bonds. The SMILES string of the molecule is COC(=O)C(NCC(=O)N1CCC2(CC2)C(O)C1)N1CCN(C(=O)Nc2ccc(OC(F)(F)F)c(Cl)c2)C(C)C1=O. The number of rotatable bonds is 7. The molecule has 1 aromatic carbocycles. The van der Waals surface area contributed by atoms with Crippen molar-refractivity contribution in [3.8, 4) is 5.75 Å². The topological polar surface area (TPSA) is 141 Å². The van der Waals surface area contributed by atoms with Crippen LogP contribution in [0.5, 0.6) is 5.75 Å². The van der Waals surface area contributed by atoms with Gasteiger partial charge in [-0.1, -0.05) is 11.6 Å². The Morgan fingerprint density at radius 1 is 1.20 bits per heavy atom. The van der Waals surface area contributed by atoms with Crippen LogP contribution in [0.2, 0.25) is 5.02 Å². The lowest BCUT2D eigenvalue weighted by Gasteiger charge is -2.42. The Bertz CT molecular complexity index is 1200. The minimum absolute atomic E-state index is 0.00867. The van der Waals surface area contributed by atoms with Crippen LogP contribution in [0.1, 0.15) is 26.2 Å². The minimum Gasteiger partial charge on any atom is -0.466 e. The van der Waals surface area contributed by atoms with Crippen LogP contribution in [0.4, 0.5) is 23.7 Å². The number of carbonyl (C=O) groups is 4. The highest BCUT2D eigenvalue weighted by molar-refractivity contribution is 6.32. The lowest BCUT2D eigenvalue weighted by atomic mass is 9.90. The van der Waals surface area contributed by atoms with Crippen LogP contribution >= 0.6 is 11.6 Å². The number of likely N-dealkylation sites (tertiary alicyclic amines) is 1. The molecular formula is C25H31ClF3N5O7. The Hall–Kier alpha value is -3.30. The van der Waals surface area contributed by atoms with Crippen LogP contribution in [0.25, 0.3) is 0 Å². The number of aliphatic hydroxyl groups is 1. The highest BCUT2D eigenvalue weighted by atomic mass is 35.5. The van der Waals surface area contributed by atoms with Crippen molar-refractivity contribution in [3.05, 3.63) is 23.2 Å². The predicted molar refractivity (Wildman–Crippen MR) is 138 cm³/mol. The summed E-state index contributed by atoms with van der Waals surface area (Å²) >= 11 is 5.84. The number of piperidine rings is 1. The van der Waals surface area contributed by atoms with Gasteiger partial charge < -0.3 is 34.6 Å². The lowest BCUT2D eigenvalue weighted by molar-refractivity contribution is -0.274. The summed E-state index contributed by atoms with van der Waals surface area (Å²) in [5, 5.41) is 15.3. The van der Waals surface area contributed by atoms with Crippen LogP contribution in [-0.4, -0.2) is 108 Å². The number of ether oxygens (including phenoxy) is 2. The van der Waals surface area contributed by atoms with Crippen molar-refractivity contribution in [1.29, 1.82) is 0 Å². The number of nitrogens with one attached hydrogen (secondary N) is 2. The highest BCUT2D eigenvalue weighted by Gasteiger charge is 2.52. The van der Waals surface area contributed by atoms with Gasteiger partial charge in [-0.2, -0.15) is 0 Å². The number of aliphatic hydroxyl groups excluding tert-OH is 1. The molecule has 3 atom stereocenters. The first-order valence-electron chi connectivity index (χ1n) is 12.9. The van der Waals surface area contributed by atoms with Crippen LogP contribution in [0, 0.1) is 5.41 Å². The number of amides is 4. The second-order valence-corrected chi connectivity index (χ2v) is 10.7. The Labute approximate surface area is 238 Å². The van der Waals surface area contributed by atoms with E-state index in [0.717, 1.165) is 38.2 Å². The van der Waals surface area contributed by atoms with Gasteiger partial charge in [-0.15, -0.1) is 13.2 Å². The van der Waals surface area contributed by atoms with Gasteiger partial charge in [-0.25, -0.2) is 9.59 Å². The number of benzene rings is 1. The molecule has 3 N–H and O–H groups in total.